The highest BCUT2D eigenvalue weighted by atomic mass is 16.5. The Morgan fingerprint density at radius 2 is 1.73 bits per heavy atom. The van der Waals surface area contributed by atoms with Crippen molar-refractivity contribution in [2.75, 3.05) is 45.3 Å². The maximum atomic E-state index is 12.8. The van der Waals surface area contributed by atoms with Gasteiger partial charge in [0.1, 0.15) is 24.8 Å². The molecule has 1 amide bonds. The summed E-state index contributed by atoms with van der Waals surface area (Å²) in [6.45, 7) is 2.67. The van der Waals surface area contributed by atoms with Crippen LogP contribution in [-0.4, -0.2) is 75.9 Å². The monoisotopic (exact) mass is 409 g/mol. The van der Waals surface area contributed by atoms with Crippen LogP contribution >= 0.6 is 0 Å². The number of nitrogens with zero attached hydrogens (tertiary/aromatic N) is 7. The first-order valence-electron chi connectivity index (χ1n) is 9.58. The summed E-state index contributed by atoms with van der Waals surface area (Å²) in [6.07, 6.45) is 4.90. The smallest absolute Gasteiger partial charge is 0.227 e. The van der Waals surface area contributed by atoms with Gasteiger partial charge in [-0.1, -0.05) is 6.07 Å². The average Bonchev–Trinajstić information content (AvgIpc) is 3.34. The second-order valence-corrected chi connectivity index (χ2v) is 6.81. The lowest BCUT2D eigenvalue weighted by Crippen LogP contribution is -2.49. The SMILES string of the molecule is COc1ccc(CC(=O)N2CCN(c3cc(-n4cncn4)ncn3)CC2)cc1OC. The molecule has 0 N–H and O–H groups in total. The summed E-state index contributed by atoms with van der Waals surface area (Å²) in [7, 11) is 3.18. The fourth-order valence-corrected chi connectivity index (χ4v) is 3.42. The van der Waals surface area contributed by atoms with Crippen molar-refractivity contribution in [1.82, 2.24) is 29.6 Å². The lowest BCUT2D eigenvalue weighted by atomic mass is 10.1. The van der Waals surface area contributed by atoms with Gasteiger partial charge in [-0.3, -0.25) is 4.79 Å². The van der Waals surface area contributed by atoms with E-state index in [-0.39, 0.29) is 5.91 Å². The Kier molecular flexibility index (Phi) is 5.73. The van der Waals surface area contributed by atoms with Crippen molar-refractivity contribution in [1.29, 1.82) is 0 Å². The van der Waals surface area contributed by atoms with Gasteiger partial charge in [0.2, 0.25) is 5.91 Å². The van der Waals surface area contributed by atoms with E-state index in [1.165, 1.54) is 12.7 Å². The molecular formula is C20H23N7O3. The predicted molar refractivity (Wildman–Crippen MR) is 109 cm³/mol. The van der Waals surface area contributed by atoms with Gasteiger partial charge in [0.25, 0.3) is 0 Å². The Labute approximate surface area is 174 Å². The predicted octanol–water partition coefficient (Wildman–Crippen LogP) is 0.966. The molecule has 0 spiro atoms. The zero-order valence-electron chi connectivity index (χ0n) is 16.9. The van der Waals surface area contributed by atoms with Crippen molar-refractivity contribution in [3.8, 4) is 17.3 Å². The summed E-state index contributed by atoms with van der Waals surface area (Å²) < 4.78 is 12.2. The first-order valence-corrected chi connectivity index (χ1v) is 9.58. The second kappa shape index (κ2) is 8.76. The van der Waals surface area contributed by atoms with E-state index < -0.39 is 0 Å². The summed E-state index contributed by atoms with van der Waals surface area (Å²) in [5.41, 5.74) is 0.897. The lowest BCUT2D eigenvalue weighted by molar-refractivity contribution is -0.130. The minimum atomic E-state index is 0.0906. The van der Waals surface area contributed by atoms with Crippen LogP contribution in [0.1, 0.15) is 5.56 Å². The molecule has 0 unspecified atom stereocenters. The van der Waals surface area contributed by atoms with Crippen LogP contribution in [0, 0.1) is 0 Å². The van der Waals surface area contributed by atoms with Gasteiger partial charge in [0, 0.05) is 32.2 Å². The number of amides is 1. The number of benzene rings is 1. The zero-order chi connectivity index (χ0) is 20.9. The highest BCUT2D eigenvalue weighted by molar-refractivity contribution is 5.79. The summed E-state index contributed by atoms with van der Waals surface area (Å²) in [6, 6.07) is 7.43. The number of hydrogen-bond donors (Lipinski definition) is 0. The fraction of sp³-hybridized carbons (Fsp3) is 0.350. The van der Waals surface area contributed by atoms with E-state index in [0.29, 0.717) is 49.9 Å². The highest BCUT2D eigenvalue weighted by Crippen LogP contribution is 2.28. The van der Waals surface area contributed by atoms with Gasteiger partial charge in [-0.2, -0.15) is 5.10 Å². The fourth-order valence-electron chi connectivity index (χ4n) is 3.42. The van der Waals surface area contributed by atoms with Crippen LogP contribution in [0.5, 0.6) is 11.5 Å². The number of carbonyl (C=O) groups is 1. The van der Waals surface area contributed by atoms with Crippen LogP contribution in [0.15, 0.2) is 43.2 Å². The van der Waals surface area contributed by atoms with E-state index in [1.54, 1.807) is 25.2 Å². The van der Waals surface area contributed by atoms with Crippen molar-refractivity contribution in [3.05, 3.63) is 48.8 Å². The number of ether oxygens (including phenoxy) is 2. The molecule has 0 bridgehead atoms. The lowest BCUT2D eigenvalue weighted by Gasteiger charge is -2.35. The quantitative estimate of drug-likeness (QED) is 0.594. The molecule has 4 rings (SSSR count). The molecule has 0 atom stereocenters. The molecule has 1 aromatic carbocycles. The van der Waals surface area contributed by atoms with Gasteiger partial charge < -0.3 is 19.3 Å². The molecule has 2 aromatic heterocycles. The Morgan fingerprint density at radius 1 is 0.967 bits per heavy atom. The van der Waals surface area contributed by atoms with Crippen molar-refractivity contribution in [2.24, 2.45) is 0 Å². The van der Waals surface area contributed by atoms with Crippen LogP contribution in [-0.2, 0) is 11.2 Å². The van der Waals surface area contributed by atoms with E-state index in [4.69, 9.17) is 9.47 Å². The number of carbonyl (C=O) groups excluding carboxylic acids is 1. The summed E-state index contributed by atoms with van der Waals surface area (Å²) in [5.74, 6) is 2.83. The van der Waals surface area contributed by atoms with Crippen LogP contribution in [0.4, 0.5) is 5.82 Å². The molecule has 10 heteroatoms. The molecule has 10 nitrogen and oxygen atoms in total. The maximum Gasteiger partial charge on any atom is 0.227 e. The van der Waals surface area contributed by atoms with E-state index in [9.17, 15) is 4.79 Å². The first kappa shape index (κ1) is 19.6. The number of aromatic nitrogens is 5. The van der Waals surface area contributed by atoms with Crippen molar-refractivity contribution < 1.29 is 14.3 Å². The third kappa shape index (κ3) is 4.17. The van der Waals surface area contributed by atoms with Crippen molar-refractivity contribution in [3.63, 3.8) is 0 Å². The largest absolute Gasteiger partial charge is 0.493 e. The zero-order valence-corrected chi connectivity index (χ0v) is 16.9. The Bertz CT molecular complexity index is 1000. The number of hydrogen-bond acceptors (Lipinski definition) is 8. The second-order valence-electron chi connectivity index (χ2n) is 6.81. The number of methoxy groups -OCH3 is 2. The first-order chi connectivity index (χ1) is 14.7. The molecule has 3 heterocycles. The van der Waals surface area contributed by atoms with Gasteiger partial charge >= 0.3 is 0 Å². The molecule has 1 saturated heterocycles. The van der Waals surface area contributed by atoms with Gasteiger partial charge in [-0.05, 0) is 17.7 Å². The molecule has 0 saturated carbocycles. The normalized spacial score (nSPS) is 13.9. The molecule has 0 radical (unpaired) electrons. The molecule has 1 aliphatic heterocycles. The van der Waals surface area contributed by atoms with E-state index >= 15 is 0 Å². The summed E-state index contributed by atoms with van der Waals surface area (Å²) in [4.78, 5) is 29.3. The molecule has 30 heavy (non-hydrogen) atoms. The van der Waals surface area contributed by atoms with E-state index in [2.05, 4.69) is 25.0 Å². The Hall–Kier alpha value is -3.69. The third-order valence-electron chi connectivity index (χ3n) is 5.05. The van der Waals surface area contributed by atoms with E-state index in [1.807, 2.05) is 29.2 Å². The number of piperazine rings is 1. The van der Waals surface area contributed by atoms with Crippen LogP contribution < -0.4 is 14.4 Å². The van der Waals surface area contributed by atoms with Gasteiger partial charge in [-0.15, -0.1) is 0 Å². The highest BCUT2D eigenvalue weighted by Gasteiger charge is 2.22. The van der Waals surface area contributed by atoms with Crippen LogP contribution in [0.3, 0.4) is 0 Å². The summed E-state index contributed by atoms with van der Waals surface area (Å²) in [5, 5.41) is 4.10. The van der Waals surface area contributed by atoms with Gasteiger partial charge in [-0.25, -0.2) is 19.6 Å². The molecule has 0 aliphatic carbocycles. The minimum Gasteiger partial charge on any atom is -0.493 e. The number of anilines is 1. The van der Waals surface area contributed by atoms with Gasteiger partial charge in [0.15, 0.2) is 17.3 Å². The van der Waals surface area contributed by atoms with E-state index in [0.717, 1.165) is 11.4 Å². The maximum absolute atomic E-state index is 12.8. The van der Waals surface area contributed by atoms with Crippen molar-refractivity contribution >= 4 is 11.7 Å². The Balaban J connectivity index is 1.36. The molecule has 1 fully saturated rings. The van der Waals surface area contributed by atoms with Crippen LogP contribution in [0.25, 0.3) is 5.82 Å². The molecule has 3 aromatic rings. The van der Waals surface area contributed by atoms with Gasteiger partial charge in [0.05, 0.1) is 20.6 Å². The van der Waals surface area contributed by atoms with Crippen molar-refractivity contribution in [2.45, 2.75) is 6.42 Å². The third-order valence-corrected chi connectivity index (χ3v) is 5.05. The summed E-state index contributed by atoms with van der Waals surface area (Å²) >= 11 is 0. The van der Waals surface area contributed by atoms with Crippen LogP contribution in [0.2, 0.25) is 0 Å². The number of rotatable bonds is 6. The molecular weight excluding hydrogens is 386 g/mol. The average molecular weight is 409 g/mol. The molecule has 1 aliphatic rings. The minimum absolute atomic E-state index is 0.0906. The molecule has 156 valence electrons. The standard InChI is InChI=1S/C20H23N7O3/c1-29-16-4-3-15(9-17(16)30-2)10-20(28)26-7-5-25(6-8-26)18-11-19(23-13-22-18)27-14-21-12-24-27/h3-4,9,11-14H,5-8,10H2,1-2H3. The topological polar surface area (TPSA) is 98.5 Å². The Morgan fingerprint density at radius 3 is 2.43 bits per heavy atom.